The van der Waals surface area contributed by atoms with Crippen molar-refractivity contribution >= 4 is 86.7 Å². The zero-order valence-corrected chi connectivity index (χ0v) is 75.9. The van der Waals surface area contributed by atoms with E-state index in [0.717, 1.165) is 0 Å². The largest absolute Gasteiger partial charge is 0.311 e. The molecule has 0 fully saturated rings. The molecule has 124 heavy (non-hydrogen) atoms. The maximum Gasteiger partial charge on any atom is 0.117 e. The minimum atomic E-state index is -1.69. The van der Waals surface area contributed by atoms with Gasteiger partial charge in [-0.05, 0) is 218 Å². The van der Waals surface area contributed by atoms with Crippen LogP contribution in [0.4, 0.5) is 68.2 Å². The Morgan fingerprint density at radius 2 is 0.395 bits per heavy atom. The van der Waals surface area contributed by atoms with Gasteiger partial charge in [0, 0.05) is 39.5 Å². The van der Waals surface area contributed by atoms with Crippen molar-refractivity contribution < 1.29 is 0 Å². The topological polar surface area (TPSA) is 13.0 Å². The second kappa shape index (κ2) is 31.7. The molecule has 16 aromatic rings. The molecule has 0 radical (unpaired) electrons. The second-order valence-electron chi connectivity index (χ2n) is 39.2. The summed E-state index contributed by atoms with van der Waals surface area (Å²) in [6.07, 6.45) is 0. The number of hydrogen-bond acceptors (Lipinski definition) is 4. The molecule has 0 atom stereocenters. The molecule has 1 spiro atoms. The normalized spacial score (nSPS) is 14.8. The first-order valence-electron chi connectivity index (χ1n) is 44.3. The van der Waals surface area contributed by atoms with Gasteiger partial charge in [-0.1, -0.05) is 413 Å². The van der Waals surface area contributed by atoms with Crippen molar-refractivity contribution in [1.29, 1.82) is 0 Å². The predicted octanol–water partition coefficient (Wildman–Crippen LogP) is 31.0. The summed E-state index contributed by atoms with van der Waals surface area (Å²) < 4.78 is 0. The highest BCUT2D eigenvalue weighted by Gasteiger charge is 2.52. The lowest BCUT2D eigenvalue weighted by molar-refractivity contribution is 0.590. The minimum absolute atomic E-state index is 0.00492. The summed E-state index contributed by atoms with van der Waals surface area (Å²) in [5, 5.41) is 3.03. The van der Waals surface area contributed by atoms with Gasteiger partial charge < -0.3 is 19.6 Å². The van der Waals surface area contributed by atoms with Crippen LogP contribution in [0.2, 0.25) is 13.1 Å². The Kier molecular flexibility index (Phi) is 20.9. The molecule has 614 valence electrons. The van der Waals surface area contributed by atoms with E-state index in [0.29, 0.717) is 0 Å². The second-order valence-corrected chi connectivity index (χ2v) is 43.6. The third-order valence-electron chi connectivity index (χ3n) is 26.8. The highest BCUT2D eigenvalue weighted by atomic mass is 28.3. The van der Waals surface area contributed by atoms with E-state index in [4.69, 9.17) is 0 Å². The zero-order valence-electron chi connectivity index (χ0n) is 74.9. The molecule has 21 rings (SSSR count). The molecule has 5 aliphatic rings. The van der Waals surface area contributed by atoms with Gasteiger partial charge in [-0.3, -0.25) is 0 Å². The van der Waals surface area contributed by atoms with Crippen molar-refractivity contribution in [3.8, 4) is 11.1 Å². The first-order chi connectivity index (χ1) is 59.6. The van der Waals surface area contributed by atoms with Gasteiger partial charge in [0.05, 0.1) is 45.0 Å². The first kappa shape index (κ1) is 81.9. The number of rotatable bonds is 6. The Bertz CT molecular complexity index is 5990. The van der Waals surface area contributed by atoms with Crippen LogP contribution in [0.1, 0.15) is 175 Å². The van der Waals surface area contributed by atoms with E-state index in [-0.39, 0.29) is 32.5 Å². The molecule has 0 unspecified atom stereocenters. The van der Waals surface area contributed by atoms with Crippen molar-refractivity contribution in [2.45, 2.75) is 148 Å². The van der Waals surface area contributed by atoms with Crippen LogP contribution in [0.3, 0.4) is 0 Å². The van der Waals surface area contributed by atoms with Crippen LogP contribution in [0.5, 0.6) is 0 Å². The average molecular weight is 1630 g/mol. The molecule has 0 amide bonds. The summed E-state index contributed by atoms with van der Waals surface area (Å²) in [4.78, 5) is 9.73. The van der Waals surface area contributed by atoms with Crippen LogP contribution in [0.15, 0.2) is 400 Å². The van der Waals surface area contributed by atoms with E-state index in [9.17, 15) is 0 Å². The summed E-state index contributed by atoms with van der Waals surface area (Å²) in [5.41, 5.74) is 36.2. The van der Waals surface area contributed by atoms with Crippen LogP contribution in [-0.2, 0) is 37.9 Å². The van der Waals surface area contributed by atoms with Crippen molar-refractivity contribution in [3.63, 3.8) is 0 Å². The molecule has 0 aromatic heterocycles. The summed E-state index contributed by atoms with van der Waals surface area (Å²) in [7, 11) is -1.69. The van der Waals surface area contributed by atoms with E-state index in [2.05, 4.69) is 530 Å². The average Bonchev–Trinajstić information content (AvgIpc) is 1.44. The maximum absolute atomic E-state index is 2.46. The Morgan fingerprint density at radius 1 is 0.194 bits per heavy atom. The van der Waals surface area contributed by atoms with Crippen molar-refractivity contribution in [1.82, 2.24) is 0 Å². The molecule has 4 heterocycles. The van der Waals surface area contributed by atoms with Crippen LogP contribution < -0.4 is 30.0 Å². The van der Waals surface area contributed by atoms with Gasteiger partial charge in [-0.2, -0.15) is 0 Å². The zero-order chi connectivity index (χ0) is 86.3. The van der Waals surface area contributed by atoms with Gasteiger partial charge in [0.25, 0.3) is 0 Å². The van der Waals surface area contributed by atoms with Crippen molar-refractivity contribution in [2.24, 2.45) is 0 Å². The van der Waals surface area contributed by atoms with Gasteiger partial charge in [0.1, 0.15) is 8.07 Å². The number of benzene rings is 16. The summed E-state index contributed by atoms with van der Waals surface area (Å²) in [6.45, 7) is 36.8. The van der Waals surface area contributed by atoms with Gasteiger partial charge >= 0.3 is 0 Å². The van der Waals surface area contributed by atoms with Gasteiger partial charge in [0.2, 0.25) is 0 Å². The van der Waals surface area contributed by atoms with E-state index < -0.39 is 13.5 Å². The molecule has 5 heteroatoms. The van der Waals surface area contributed by atoms with Crippen LogP contribution >= 0.6 is 0 Å². The van der Waals surface area contributed by atoms with E-state index >= 15 is 0 Å². The highest BCUT2D eigenvalue weighted by Crippen LogP contribution is 2.64. The summed E-state index contributed by atoms with van der Waals surface area (Å²) in [6, 6.07) is 147. The number of hydrogen-bond donors (Lipinski definition) is 0. The fraction of sp³-hybridized carbons (Fsp3) is 0.193. The van der Waals surface area contributed by atoms with Gasteiger partial charge in [-0.15, -0.1) is 0 Å². The molecule has 0 bridgehead atoms. The van der Waals surface area contributed by atoms with E-state index in [1.54, 1.807) is 0 Å². The number of para-hydroxylation sites is 8. The van der Waals surface area contributed by atoms with Crippen molar-refractivity contribution in [2.75, 3.05) is 19.6 Å². The number of anilines is 12. The molecule has 4 aliphatic heterocycles. The summed E-state index contributed by atoms with van der Waals surface area (Å²) >= 11 is 0. The third-order valence-corrected chi connectivity index (χ3v) is 30.3. The molecular weight excluding hydrogens is 1510 g/mol. The molecule has 0 N–H and O–H groups in total. The van der Waals surface area contributed by atoms with E-state index in [1.807, 2.05) is 0 Å². The van der Waals surface area contributed by atoms with Gasteiger partial charge in [0.15, 0.2) is 0 Å². The quantitative estimate of drug-likeness (QED) is 0.154. The predicted molar refractivity (Wildman–Crippen MR) is 531 cm³/mol. The van der Waals surface area contributed by atoms with E-state index in [1.165, 1.54) is 168 Å². The smallest absolute Gasteiger partial charge is 0.117 e. The fourth-order valence-electron chi connectivity index (χ4n) is 20.4. The maximum atomic E-state index is 2.46. The van der Waals surface area contributed by atoms with Gasteiger partial charge in [-0.25, -0.2) is 0 Å². The molecule has 16 aromatic carbocycles. The molecular formula is C119H114N4Si. The minimum Gasteiger partial charge on any atom is -0.311 e. The monoisotopic (exact) mass is 1630 g/mol. The molecule has 0 saturated carbocycles. The lowest BCUT2D eigenvalue weighted by Gasteiger charge is -2.46. The Morgan fingerprint density at radius 3 is 0.669 bits per heavy atom. The molecule has 0 saturated heterocycles. The van der Waals surface area contributed by atoms with Crippen LogP contribution in [0.25, 0.3) is 11.1 Å². The molecule has 4 nitrogen and oxygen atoms in total. The lowest BCUT2D eigenvalue weighted by atomic mass is 9.62. The lowest BCUT2D eigenvalue weighted by Crippen LogP contribution is -2.58. The first-order valence-corrected chi connectivity index (χ1v) is 47.3. The van der Waals surface area contributed by atoms with Crippen LogP contribution in [0, 0.1) is 0 Å². The Hall–Kier alpha value is -13.1. The van der Waals surface area contributed by atoms with Crippen molar-refractivity contribution in [3.05, 3.63) is 478 Å². The molecule has 1 aliphatic carbocycles. The number of nitrogens with zero attached hydrogens (tertiary/aromatic N) is 4. The van der Waals surface area contributed by atoms with Crippen LogP contribution in [-0.4, -0.2) is 8.07 Å². The standard InChI is InChI=1S/C35H29N.C35H31N.C25H27N.C24H27NSi/c1-34(2,3)24-20-22-25(23-21-24)36-32-18-10-8-16-30(32)35(31-17-9-11-19-33(31)36)28-14-6-4-12-26(28)27-13-5-7-15-29(27)35;1-34(2,3)26-22-24-29(25-23-26)36-32-20-12-10-18-30(32)35(27-14-6-4-7-15-27,28-16-8-5-9-17-28)31-19-11-13-21-33(31)36;1-24(2,3)18-14-16-19(17-15-18)26-22-12-8-6-10-20(22)25(4,5)21-11-7-9-13-23(21)26;1-24(2,3)18-14-16-19(17-15-18)25-20-10-6-8-12-22(20)26(4,5)23-13-9-7-11-21(23)25/h4-23H,1-3H3;4-25H,1-3H3;2*6-17H,1-5H3. The SMILES string of the molecule is CC(C)(C)c1ccc(N2c3ccccc3C(C)(C)c3ccccc32)cc1.CC(C)(C)c1ccc(N2c3ccccc3C(c3ccccc3)(c3ccccc3)c3ccccc32)cc1.CC(C)(C)c1ccc(N2c3ccccc3C3(c4ccccc4-c4ccccc43)c3ccccc32)cc1.CC(C)(C)c1ccc(N2c3ccccc3[Si](C)(C)c3ccccc32)cc1. The fourth-order valence-corrected chi connectivity index (χ4v) is 23.4. The highest BCUT2D eigenvalue weighted by molar-refractivity contribution is 7.02. The Balaban J connectivity index is 0.000000114. The number of fused-ring (bicyclic) bond motifs is 15. The Labute approximate surface area is 738 Å². The third kappa shape index (κ3) is 14.0. The summed E-state index contributed by atoms with van der Waals surface area (Å²) in [5.74, 6) is 0.